The van der Waals surface area contributed by atoms with Crippen LogP contribution in [-0.2, 0) is 0 Å². The van der Waals surface area contributed by atoms with Gasteiger partial charge in [0.1, 0.15) is 0 Å². The quantitative estimate of drug-likeness (QED) is 0.692. The van der Waals surface area contributed by atoms with Crippen molar-refractivity contribution in [3.05, 3.63) is 53.1 Å². The van der Waals surface area contributed by atoms with Crippen LogP contribution in [0, 0.1) is 20.8 Å². The van der Waals surface area contributed by atoms with Crippen LogP contribution in [0.3, 0.4) is 0 Å². The van der Waals surface area contributed by atoms with E-state index < -0.39 is 0 Å². The Hall–Kier alpha value is -2.16. The summed E-state index contributed by atoms with van der Waals surface area (Å²) < 4.78 is 7.79. The maximum absolute atomic E-state index is 5.89. The lowest BCUT2D eigenvalue weighted by atomic mass is 10.0. The molecule has 0 radical (unpaired) electrons. The molecular weight excluding hydrogens is 236 g/mol. The summed E-state index contributed by atoms with van der Waals surface area (Å²) in [5, 5.41) is 4.75. The molecule has 3 rings (SSSR count). The van der Waals surface area contributed by atoms with Gasteiger partial charge < -0.3 is 4.74 Å². The van der Waals surface area contributed by atoms with Gasteiger partial charge in [-0.25, -0.2) is 0 Å². The molecule has 2 aromatic carbocycles. The number of hydrogen-bond donors (Lipinski definition) is 0. The Morgan fingerprint density at radius 3 is 2.53 bits per heavy atom. The highest BCUT2D eigenvalue weighted by molar-refractivity contribution is 5.63. The summed E-state index contributed by atoms with van der Waals surface area (Å²) in [5.74, 6) is 0.912. The zero-order valence-electron chi connectivity index (χ0n) is 11.5. The van der Waals surface area contributed by atoms with E-state index in [0.717, 1.165) is 22.7 Å². The van der Waals surface area contributed by atoms with Crippen LogP contribution in [0.4, 0.5) is 11.4 Å². The molecule has 0 saturated carbocycles. The summed E-state index contributed by atoms with van der Waals surface area (Å²) in [5.41, 5.74) is 5.58. The lowest BCUT2D eigenvalue weighted by molar-refractivity contribution is -0.544. The minimum Gasteiger partial charge on any atom is -0.431 e. The molecule has 0 saturated heterocycles. The molecule has 0 aliphatic carbocycles. The molecular formula is C16H17N2O+. The molecule has 3 nitrogen and oxygen atoms in total. The van der Waals surface area contributed by atoms with Gasteiger partial charge in [-0.1, -0.05) is 24.3 Å². The fourth-order valence-electron chi connectivity index (χ4n) is 2.35. The van der Waals surface area contributed by atoms with Gasteiger partial charge in [-0.05, 0) is 42.2 Å². The van der Waals surface area contributed by atoms with Gasteiger partial charge in [0.2, 0.25) is 5.69 Å². The lowest BCUT2D eigenvalue weighted by Crippen LogP contribution is -2.16. The Kier molecular flexibility index (Phi) is 2.82. The smallest absolute Gasteiger partial charge is 0.317 e. The number of ether oxygens (including phenoxy) is 1. The molecule has 2 aromatic rings. The van der Waals surface area contributed by atoms with E-state index in [1.165, 1.54) is 11.1 Å². The molecule has 0 spiro atoms. The number of rotatable bonds is 1. The predicted molar refractivity (Wildman–Crippen MR) is 74.6 cm³/mol. The van der Waals surface area contributed by atoms with Crippen LogP contribution in [0.2, 0.25) is 0 Å². The van der Waals surface area contributed by atoms with Gasteiger partial charge in [-0.15, -0.1) is 0 Å². The molecule has 0 bridgehead atoms. The Balaban J connectivity index is 2.15. The molecule has 19 heavy (non-hydrogen) atoms. The van der Waals surface area contributed by atoms with Crippen LogP contribution in [0.25, 0.3) is 0 Å². The number of benzene rings is 2. The Morgan fingerprint density at radius 1 is 1.05 bits per heavy atom. The van der Waals surface area contributed by atoms with Crippen molar-refractivity contribution in [2.75, 3.05) is 6.73 Å². The average Bonchev–Trinajstić information content (AvgIpc) is 2.45. The standard InChI is InChI=1S/C16H17N2O/c1-11-9-12(2)16-15(13(11)3)17-18(10-19-16)14-7-5-4-6-8-14/h4-9H,10H2,1-3H3/q+1. The van der Waals surface area contributed by atoms with E-state index in [0.29, 0.717) is 6.73 Å². The molecule has 96 valence electrons. The van der Waals surface area contributed by atoms with Crippen molar-refractivity contribution >= 4 is 11.4 Å². The van der Waals surface area contributed by atoms with E-state index in [4.69, 9.17) is 9.85 Å². The van der Waals surface area contributed by atoms with Crippen molar-refractivity contribution < 1.29 is 9.43 Å². The molecule has 0 atom stereocenters. The molecule has 0 amide bonds. The maximum atomic E-state index is 5.89. The highest BCUT2D eigenvalue weighted by Gasteiger charge is 2.24. The van der Waals surface area contributed by atoms with E-state index in [2.05, 4.69) is 26.8 Å². The summed E-state index contributed by atoms with van der Waals surface area (Å²) in [6, 6.07) is 12.2. The van der Waals surface area contributed by atoms with Gasteiger partial charge in [0.05, 0.1) is 0 Å². The molecule has 1 aliphatic rings. The van der Waals surface area contributed by atoms with Gasteiger partial charge in [0.15, 0.2) is 11.4 Å². The van der Waals surface area contributed by atoms with E-state index >= 15 is 0 Å². The molecule has 0 fully saturated rings. The topological polar surface area (TPSA) is 24.6 Å². The van der Waals surface area contributed by atoms with Crippen molar-refractivity contribution in [2.24, 2.45) is 5.11 Å². The summed E-state index contributed by atoms with van der Waals surface area (Å²) in [6.45, 7) is 6.73. The van der Waals surface area contributed by atoms with Crippen molar-refractivity contribution in [2.45, 2.75) is 20.8 Å². The predicted octanol–water partition coefficient (Wildman–Crippen LogP) is 4.39. The van der Waals surface area contributed by atoms with E-state index in [1.54, 1.807) is 0 Å². The van der Waals surface area contributed by atoms with Crippen molar-refractivity contribution in [3.8, 4) is 5.75 Å². The minimum absolute atomic E-state index is 0.459. The highest BCUT2D eigenvalue weighted by Crippen LogP contribution is 2.39. The normalized spacial score (nSPS) is 13.5. The third-order valence-electron chi connectivity index (χ3n) is 3.56. The average molecular weight is 253 g/mol. The molecule has 1 aliphatic heterocycles. The van der Waals surface area contributed by atoms with Crippen molar-refractivity contribution in [1.29, 1.82) is 0 Å². The van der Waals surface area contributed by atoms with Crippen LogP contribution in [0.1, 0.15) is 16.7 Å². The summed E-state index contributed by atoms with van der Waals surface area (Å²) in [7, 11) is 0. The van der Waals surface area contributed by atoms with Gasteiger partial charge in [0, 0.05) is 17.2 Å². The monoisotopic (exact) mass is 253 g/mol. The third-order valence-corrected chi connectivity index (χ3v) is 3.56. The molecule has 0 N–H and O–H groups in total. The SMILES string of the molecule is Cc1cc(C)c2c(c1C)N=[N+](c1ccccc1)CO2. The molecule has 0 unspecified atom stereocenters. The number of azo groups is 2. The minimum atomic E-state index is 0.459. The fraction of sp³-hybridized carbons (Fsp3) is 0.250. The van der Waals surface area contributed by atoms with Crippen molar-refractivity contribution in [1.82, 2.24) is 0 Å². The number of fused-ring (bicyclic) bond motifs is 1. The van der Waals surface area contributed by atoms with Gasteiger partial charge in [0.25, 0.3) is 0 Å². The Morgan fingerprint density at radius 2 is 1.79 bits per heavy atom. The first-order valence-electron chi connectivity index (χ1n) is 6.44. The third kappa shape index (κ3) is 2.01. The zero-order chi connectivity index (χ0) is 13.4. The summed E-state index contributed by atoms with van der Waals surface area (Å²) >= 11 is 0. The largest absolute Gasteiger partial charge is 0.431 e. The number of aryl methyl sites for hydroxylation is 2. The van der Waals surface area contributed by atoms with Crippen LogP contribution >= 0.6 is 0 Å². The van der Waals surface area contributed by atoms with E-state index in [1.807, 2.05) is 35.0 Å². The van der Waals surface area contributed by atoms with E-state index in [-0.39, 0.29) is 0 Å². The number of hydrogen-bond acceptors (Lipinski definition) is 2. The fourth-order valence-corrected chi connectivity index (χ4v) is 2.35. The number of nitrogens with zero attached hydrogens (tertiary/aromatic N) is 2. The van der Waals surface area contributed by atoms with Crippen molar-refractivity contribution in [3.63, 3.8) is 0 Å². The van der Waals surface area contributed by atoms with E-state index in [9.17, 15) is 0 Å². The first-order chi connectivity index (χ1) is 9.16. The van der Waals surface area contributed by atoms with Gasteiger partial charge >= 0.3 is 6.73 Å². The second-order valence-corrected chi connectivity index (χ2v) is 4.92. The maximum Gasteiger partial charge on any atom is 0.317 e. The van der Waals surface area contributed by atoms with Gasteiger partial charge in [-0.2, -0.15) is 0 Å². The lowest BCUT2D eigenvalue weighted by Gasteiger charge is -2.16. The zero-order valence-corrected chi connectivity index (χ0v) is 11.5. The van der Waals surface area contributed by atoms with Crippen LogP contribution in [-0.4, -0.2) is 11.4 Å². The second kappa shape index (κ2) is 4.50. The summed E-state index contributed by atoms with van der Waals surface area (Å²) in [6.07, 6.45) is 0. The first-order valence-corrected chi connectivity index (χ1v) is 6.44. The Labute approximate surface area is 113 Å². The first kappa shape index (κ1) is 11.9. The Bertz CT molecular complexity index is 660. The molecule has 3 heteroatoms. The molecule has 0 aromatic heterocycles. The number of para-hydroxylation sites is 1. The van der Waals surface area contributed by atoms with Crippen LogP contribution < -0.4 is 4.74 Å². The van der Waals surface area contributed by atoms with Gasteiger partial charge in [-0.3, -0.25) is 0 Å². The second-order valence-electron chi connectivity index (χ2n) is 4.92. The van der Waals surface area contributed by atoms with Crippen LogP contribution in [0.15, 0.2) is 41.5 Å². The van der Waals surface area contributed by atoms with Crippen LogP contribution in [0.5, 0.6) is 5.75 Å². The summed E-state index contributed by atoms with van der Waals surface area (Å²) in [4.78, 5) is 0. The highest BCUT2D eigenvalue weighted by atomic mass is 16.5. The molecule has 1 heterocycles.